The lowest BCUT2D eigenvalue weighted by atomic mass is 9.83. The molecule has 0 aromatic heterocycles. The average Bonchev–Trinajstić information content (AvgIpc) is 2.54. The van der Waals surface area contributed by atoms with Crippen LogP contribution in [-0.2, 0) is 17.0 Å². The summed E-state index contributed by atoms with van der Waals surface area (Å²) in [7, 11) is 1.14. The zero-order valence-electron chi connectivity index (χ0n) is 14.4. The summed E-state index contributed by atoms with van der Waals surface area (Å²) in [4.78, 5) is 0. The highest BCUT2D eigenvalue weighted by Gasteiger charge is 2.74. The van der Waals surface area contributed by atoms with Crippen LogP contribution in [0.25, 0.3) is 11.1 Å². The van der Waals surface area contributed by atoms with E-state index in [4.69, 9.17) is 16.3 Å². The Morgan fingerprint density at radius 2 is 1.50 bits per heavy atom. The number of ether oxygens (including phenoxy) is 1. The van der Waals surface area contributed by atoms with Gasteiger partial charge < -0.3 is 4.74 Å². The molecule has 2 aromatic rings. The summed E-state index contributed by atoms with van der Waals surface area (Å²) < 4.78 is 114. The highest BCUT2D eigenvalue weighted by molar-refractivity contribution is 6.30. The highest BCUT2D eigenvalue weighted by Crippen LogP contribution is 2.56. The Kier molecular flexibility index (Phi) is 6.02. The van der Waals surface area contributed by atoms with Crippen molar-refractivity contribution >= 4 is 11.6 Å². The number of hydrogen-bond acceptors (Lipinski definition) is 1. The van der Waals surface area contributed by atoms with Gasteiger partial charge in [-0.05, 0) is 36.2 Å². The van der Waals surface area contributed by atoms with Crippen LogP contribution in [0.4, 0.5) is 35.1 Å². The lowest BCUT2D eigenvalue weighted by Gasteiger charge is -2.33. The molecule has 0 unspecified atom stereocenters. The molecule has 1 nitrogen and oxygen atoms in total. The molecule has 0 bridgehead atoms. The quantitative estimate of drug-likeness (QED) is 0.478. The third kappa shape index (κ3) is 3.82. The summed E-state index contributed by atoms with van der Waals surface area (Å²) in [5.74, 6) is -1.17. The minimum absolute atomic E-state index is 0.0937. The highest BCUT2D eigenvalue weighted by atomic mass is 35.5. The molecule has 0 N–H and O–H groups in total. The molecule has 0 aliphatic carbocycles. The van der Waals surface area contributed by atoms with Crippen LogP contribution >= 0.6 is 11.6 Å². The second-order valence-corrected chi connectivity index (χ2v) is 6.49. The Balaban J connectivity index is 3.05. The van der Waals surface area contributed by atoms with Crippen molar-refractivity contribution in [1.29, 1.82) is 0 Å². The number of hydrogen-bond donors (Lipinski definition) is 0. The van der Waals surface area contributed by atoms with E-state index in [0.717, 1.165) is 25.3 Å². The summed E-state index contributed by atoms with van der Waals surface area (Å²) in [6, 6.07) is 4.24. The molecule has 2 rings (SSSR count). The molecule has 0 saturated carbocycles. The normalized spacial score (nSPS) is 13.1. The molecule has 0 aliphatic rings. The summed E-state index contributed by atoms with van der Waals surface area (Å²) in [5.41, 5.74) is -9.48. The van der Waals surface area contributed by atoms with E-state index in [0.29, 0.717) is 6.07 Å². The first kappa shape index (κ1) is 22.4. The van der Waals surface area contributed by atoms with Crippen LogP contribution in [0.1, 0.15) is 16.7 Å². The minimum atomic E-state index is -6.35. The molecule has 0 spiro atoms. The standard InChI is InChI=1S/C18H13ClF8O/c1-9-5-10(8-28-2)15(12-7-11(19)3-4-14(12)20)13(6-9)16(21,17(22,23)24)18(25,26)27/h3-7H,8H2,1-2H3. The van der Waals surface area contributed by atoms with E-state index >= 15 is 0 Å². The van der Waals surface area contributed by atoms with Crippen molar-refractivity contribution in [2.24, 2.45) is 0 Å². The van der Waals surface area contributed by atoms with Crippen molar-refractivity contribution in [3.63, 3.8) is 0 Å². The van der Waals surface area contributed by atoms with E-state index in [9.17, 15) is 35.1 Å². The number of halogens is 9. The van der Waals surface area contributed by atoms with Crippen LogP contribution in [0.3, 0.4) is 0 Å². The summed E-state index contributed by atoms with van der Waals surface area (Å²) in [5, 5.41) is -0.158. The Hall–Kier alpha value is -1.87. The van der Waals surface area contributed by atoms with E-state index in [1.54, 1.807) is 0 Å². The molecule has 0 radical (unpaired) electrons. The molecule has 0 atom stereocenters. The maximum Gasteiger partial charge on any atom is 0.435 e. The van der Waals surface area contributed by atoms with Crippen LogP contribution in [0.5, 0.6) is 0 Å². The van der Waals surface area contributed by atoms with Crippen LogP contribution < -0.4 is 0 Å². The molecule has 10 heteroatoms. The first-order valence-corrected chi connectivity index (χ1v) is 8.02. The largest absolute Gasteiger partial charge is 0.435 e. The first-order valence-electron chi connectivity index (χ1n) is 7.64. The Labute approximate surface area is 159 Å². The van der Waals surface area contributed by atoms with Gasteiger partial charge in [0.05, 0.1) is 6.61 Å². The van der Waals surface area contributed by atoms with Gasteiger partial charge >= 0.3 is 18.0 Å². The van der Waals surface area contributed by atoms with E-state index in [1.807, 2.05) is 0 Å². The first-order chi connectivity index (χ1) is 12.7. The smallest absolute Gasteiger partial charge is 0.380 e. The molecule has 0 aliphatic heterocycles. The number of benzene rings is 2. The summed E-state index contributed by atoms with van der Waals surface area (Å²) in [6.45, 7) is 0.704. The van der Waals surface area contributed by atoms with Gasteiger partial charge in [-0.1, -0.05) is 29.3 Å². The zero-order chi connectivity index (χ0) is 21.5. The maximum atomic E-state index is 14.9. The SMILES string of the molecule is COCc1cc(C)cc(C(F)(C(F)(F)F)C(F)(F)F)c1-c1cc(Cl)ccc1F. The summed E-state index contributed by atoms with van der Waals surface area (Å²) in [6.07, 6.45) is -12.7. The molecule has 154 valence electrons. The summed E-state index contributed by atoms with van der Waals surface area (Å²) >= 11 is 5.74. The maximum absolute atomic E-state index is 14.9. The molecule has 2 aromatic carbocycles. The van der Waals surface area contributed by atoms with Gasteiger partial charge in [0.2, 0.25) is 0 Å². The monoisotopic (exact) mass is 432 g/mol. The molecular formula is C18H13ClF8O. The van der Waals surface area contributed by atoms with Crippen LogP contribution in [-0.4, -0.2) is 19.5 Å². The predicted octanol–water partition coefficient (Wildman–Crippen LogP) is 6.89. The van der Waals surface area contributed by atoms with E-state index in [2.05, 4.69) is 0 Å². The van der Waals surface area contributed by atoms with Crippen molar-refractivity contribution in [3.8, 4) is 11.1 Å². The number of rotatable bonds is 4. The Morgan fingerprint density at radius 3 is 2.00 bits per heavy atom. The minimum Gasteiger partial charge on any atom is -0.380 e. The van der Waals surface area contributed by atoms with Crippen molar-refractivity contribution in [1.82, 2.24) is 0 Å². The second kappa shape index (κ2) is 7.51. The molecular weight excluding hydrogens is 420 g/mol. The molecule has 0 heterocycles. The van der Waals surface area contributed by atoms with Gasteiger partial charge in [-0.15, -0.1) is 0 Å². The number of methoxy groups -OCH3 is 1. The average molecular weight is 433 g/mol. The van der Waals surface area contributed by atoms with Gasteiger partial charge in [0, 0.05) is 23.3 Å². The van der Waals surface area contributed by atoms with Crippen molar-refractivity contribution < 1.29 is 39.9 Å². The fraction of sp³-hybridized carbons (Fsp3) is 0.333. The Morgan fingerprint density at radius 1 is 0.929 bits per heavy atom. The third-order valence-corrected chi connectivity index (χ3v) is 4.25. The molecule has 0 amide bonds. The fourth-order valence-corrected chi connectivity index (χ4v) is 3.05. The lowest BCUT2D eigenvalue weighted by Crippen LogP contribution is -2.50. The topological polar surface area (TPSA) is 9.23 Å². The van der Waals surface area contributed by atoms with E-state index in [1.165, 1.54) is 13.0 Å². The van der Waals surface area contributed by atoms with Crippen LogP contribution in [0, 0.1) is 12.7 Å². The fourth-order valence-electron chi connectivity index (χ4n) is 2.88. The van der Waals surface area contributed by atoms with Crippen molar-refractivity contribution in [2.75, 3.05) is 7.11 Å². The van der Waals surface area contributed by atoms with E-state index in [-0.39, 0.29) is 16.1 Å². The van der Waals surface area contributed by atoms with Gasteiger partial charge in [0.15, 0.2) is 0 Å². The van der Waals surface area contributed by atoms with Gasteiger partial charge in [-0.2, -0.15) is 26.3 Å². The van der Waals surface area contributed by atoms with E-state index < -0.39 is 47.1 Å². The van der Waals surface area contributed by atoms with Gasteiger partial charge in [-0.25, -0.2) is 8.78 Å². The second-order valence-electron chi connectivity index (χ2n) is 6.06. The lowest BCUT2D eigenvalue weighted by molar-refractivity contribution is -0.348. The number of aryl methyl sites for hydroxylation is 1. The van der Waals surface area contributed by atoms with Crippen molar-refractivity contribution in [2.45, 2.75) is 31.6 Å². The zero-order valence-corrected chi connectivity index (χ0v) is 15.2. The van der Waals surface area contributed by atoms with Gasteiger partial charge in [0.1, 0.15) is 5.82 Å². The molecule has 28 heavy (non-hydrogen) atoms. The predicted molar refractivity (Wildman–Crippen MR) is 87.2 cm³/mol. The molecule has 0 saturated heterocycles. The Bertz CT molecular complexity index is 859. The van der Waals surface area contributed by atoms with Crippen LogP contribution in [0.2, 0.25) is 5.02 Å². The number of alkyl halides is 7. The third-order valence-electron chi connectivity index (χ3n) is 4.01. The van der Waals surface area contributed by atoms with Gasteiger partial charge in [-0.3, -0.25) is 0 Å². The van der Waals surface area contributed by atoms with Gasteiger partial charge in [0.25, 0.3) is 0 Å². The molecule has 0 fully saturated rings. The van der Waals surface area contributed by atoms with Crippen LogP contribution in [0.15, 0.2) is 30.3 Å². The van der Waals surface area contributed by atoms with Crippen molar-refractivity contribution in [3.05, 3.63) is 57.9 Å².